The van der Waals surface area contributed by atoms with Gasteiger partial charge in [-0.25, -0.2) is 18.4 Å². The molecule has 494 valence electrons. The molecule has 0 bridgehead atoms. The third kappa shape index (κ3) is 12.4. The number of aliphatic hydroxyl groups is 1. The summed E-state index contributed by atoms with van der Waals surface area (Å²) >= 11 is 24.8. The number of nitriles is 1. The number of carbonyl (C=O) groups is 5. The summed E-state index contributed by atoms with van der Waals surface area (Å²) in [5.41, 5.74) is -4.92. The Kier molecular flexibility index (Phi) is 19.7. The van der Waals surface area contributed by atoms with Crippen LogP contribution in [-0.2, 0) is 30.1 Å². The average Bonchev–Trinajstić information content (AvgIpc) is 1.53. The van der Waals surface area contributed by atoms with Crippen molar-refractivity contribution in [3.63, 3.8) is 0 Å². The number of halogens is 6. The number of nitrogens with one attached hydrogen (secondary N) is 2. The SMILES string of the molecule is CC#N.COC(=O)c1ccc(C(=O)C[C@H]2[C@@H]([N+](=O)[O-])[C@H](c3cccc(Cl)c3F)[C@]3(C(=O)Nc4cc(Cl)ccc43)N2CC2CC2)c([N+](=O)[O-])c1.COC(=O)c1ccc(C(O)C[C@H]2[C@@H]([N+](=O)[O-])[C@H](c3cccc(Cl)c3F)[C@]3(C(=O)Nc4cc(Cl)ccc43)N2CC2CC2)c([N+](=O)[O-])c1. The molecule has 12 rings (SSSR count). The first kappa shape index (κ1) is 68.7. The number of rotatable bonds is 18. The van der Waals surface area contributed by atoms with Gasteiger partial charge in [0.15, 0.2) is 5.78 Å². The maximum Gasteiger partial charge on any atom is 0.338 e. The number of nitro groups is 4. The van der Waals surface area contributed by atoms with Gasteiger partial charge in [0.1, 0.15) is 22.7 Å². The van der Waals surface area contributed by atoms with E-state index < -0.39 is 138 Å². The summed E-state index contributed by atoms with van der Waals surface area (Å²) in [6.45, 7) is 1.78. The summed E-state index contributed by atoms with van der Waals surface area (Å²) in [5, 5.41) is 74.7. The second-order valence-electron chi connectivity index (χ2n) is 23.5. The molecular formula is C64H55Cl4F2N9O16. The van der Waals surface area contributed by atoms with E-state index in [9.17, 15) is 69.5 Å². The van der Waals surface area contributed by atoms with E-state index in [1.54, 1.807) is 34.1 Å². The fraction of sp³-hybridized carbons (Fsp3) is 0.344. The number of ketones is 1. The molecule has 2 aliphatic carbocycles. The van der Waals surface area contributed by atoms with Crippen LogP contribution in [0.4, 0.5) is 31.5 Å². The predicted octanol–water partition coefficient (Wildman–Crippen LogP) is 11.9. The number of aliphatic hydroxyl groups excluding tert-OH is 1. The normalized spacial score (nSPS) is 23.4. The highest BCUT2D eigenvalue weighted by molar-refractivity contribution is 6.32. The van der Waals surface area contributed by atoms with Crippen LogP contribution in [0, 0.1) is 75.3 Å². The lowest BCUT2D eigenvalue weighted by Crippen LogP contribution is -2.53. The Labute approximate surface area is 558 Å². The van der Waals surface area contributed by atoms with Crippen LogP contribution in [-0.4, -0.2) is 116 Å². The highest BCUT2D eigenvalue weighted by Gasteiger charge is 2.73. The van der Waals surface area contributed by atoms with Crippen molar-refractivity contribution in [3.05, 3.63) is 226 Å². The zero-order valence-electron chi connectivity index (χ0n) is 50.2. The van der Waals surface area contributed by atoms with Crippen molar-refractivity contribution in [2.75, 3.05) is 37.9 Å². The number of ether oxygens (including phenoxy) is 2. The molecule has 0 aromatic heterocycles. The molecule has 0 radical (unpaired) electrons. The molecule has 1 unspecified atom stereocenters. The first-order valence-corrected chi connectivity index (χ1v) is 30.9. The van der Waals surface area contributed by atoms with Crippen LogP contribution in [0.1, 0.15) is 122 Å². The van der Waals surface area contributed by atoms with Crippen molar-refractivity contribution in [1.29, 1.82) is 5.26 Å². The molecule has 31 heteroatoms. The lowest BCUT2D eigenvalue weighted by atomic mass is 9.73. The molecule has 6 aromatic rings. The molecule has 4 heterocycles. The number of hydrogen-bond donors (Lipinski definition) is 3. The molecule has 2 saturated heterocycles. The van der Waals surface area contributed by atoms with Crippen molar-refractivity contribution in [2.45, 2.75) is 98.6 Å². The van der Waals surface area contributed by atoms with E-state index in [0.29, 0.717) is 21.8 Å². The Hall–Kier alpha value is -9.14. The van der Waals surface area contributed by atoms with Gasteiger partial charge in [-0.15, -0.1) is 0 Å². The first-order chi connectivity index (χ1) is 45.2. The number of likely N-dealkylation sites (tertiary alicyclic amines) is 2. The minimum Gasteiger partial charge on any atom is -0.465 e. The van der Waals surface area contributed by atoms with E-state index in [0.717, 1.165) is 58.1 Å². The fourth-order valence-corrected chi connectivity index (χ4v) is 14.8. The lowest BCUT2D eigenvalue weighted by molar-refractivity contribution is -0.528. The van der Waals surface area contributed by atoms with Gasteiger partial charge < -0.3 is 25.2 Å². The fourth-order valence-electron chi connectivity index (χ4n) is 14.1. The minimum absolute atomic E-state index is 0.0302. The molecule has 6 aliphatic rings. The number of nitro benzene ring substituents is 2. The summed E-state index contributed by atoms with van der Waals surface area (Å²) in [6, 6.07) is 19.7. The number of esters is 2. The van der Waals surface area contributed by atoms with Gasteiger partial charge >= 0.3 is 11.9 Å². The predicted molar refractivity (Wildman–Crippen MR) is 339 cm³/mol. The van der Waals surface area contributed by atoms with Crippen molar-refractivity contribution >= 4 is 98.7 Å². The van der Waals surface area contributed by atoms with E-state index in [1.165, 1.54) is 79.7 Å². The van der Waals surface area contributed by atoms with Crippen molar-refractivity contribution < 1.29 is 67.0 Å². The highest BCUT2D eigenvalue weighted by Crippen LogP contribution is 2.62. The summed E-state index contributed by atoms with van der Waals surface area (Å²) in [7, 11) is 2.21. The van der Waals surface area contributed by atoms with Gasteiger partial charge in [-0.3, -0.25) is 64.6 Å². The van der Waals surface area contributed by atoms with Gasteiger partial charge in [0.05, 0.1) is 92.5 Å². The molecular weight excluding hydrogens is 1330 g/mol. The van der Waals surface area contributed by atoms with Crippen LogP contribution in [0.2, 0.25) is 20.1 Å². The van der Waals surface area contributed by atoms with E-state index >= 15 is 8.78 Å². The number of hydrogen-bond acceptors (Lipinski definition) is 19. The van der Waals surface area contributed by atoms with Crippen LogP contribution < -0.4 is 10.6 Å². The van der Waals surface area contributed by atoms with Gasteiger partial charge in [-0.1, -0.05) is 82.8 Å². The Morgan fingerprint density at radius 3 is 1.49 bits per heavy atom. The number of methoxy groups -OCH3 is 2. The molecule has 4 fully saturated rings. The van der Waals surface area contributed by atoms with E-state index in [2.05, 4.69) is 20.1 Å². The zero-order chi connectivity index (χ0) is 68.9. The third-order valence-electron chi connectivity index (χ3n) is 18.3. The molecule has 2 spiro atoms. The Morgan fingerprint density at radius 1 is 0.653 bits per heavy atom. The molecule has 6 aromatic carbocycles. The molecule has 3 N–H and O–H groups in total. The van der Waals surface area contributed by atoms with Gasteiger partial charge in [-0.05, 0) is 105 Å². The van der Waals surface area contributed by atoms with Gasteiger partial charge in [0, 0.05) is 92.1 Å². The van der Waals surface area contributed by atoms with Crippen LogP contribution >= 0.6 is 46.4 Å². The van der Waals surface area contributed by atoms with Crippen LogP contribution in [0.15, 0.2) is 109 Å². The van der Waals surface area contributed by atoms with Crippen LogP contribution in [0.25, 0.3) is 0 Å². The highest BCUT2D eigenvalue weighted by atomic mass is 35.5. The molecule has 2 saturated carbocycles. The summed E-state index contributed by atoms with van der Waals surface area (Å²) in [5.74, 6) is -8.50. The smallest absolute Gasteiger partial charge is 0.338 e. The van der Waals surface area contributed by atoms with Gasteiger partial charge in [0.25, 0.3) is 23.2 Å². The van der Waals surface area contributed by atoms with Crippen molar-refractivity contribution in [1.82, 2.24) is 9.80 Å². The van der Waals surface area contributed by atoms with Crippen molar-refractivity contribution in [3.8, 4) is 6.07 Å². The Morgan fingerprint density at radius 2 is 1.07 bits per heavy atom. The quantitative estimate of drug-likeness (QED) is 0.0311. The number of carbonyl (C=O) groups excluding carboxylic acids is 5. The number of anilines is 2. The molecule has 25 nitrogen and oxygen atoms in total. The first-order valence-electron chi connectivity index (χ1n) is 29.4. The zero-order valence-corrected chi connectivity index (χ0v) is 53.2. The van der Waals surface area contributed by atoms with Gasteiger partial charge in [-0.2, -0.15) is 5.26 Å². The number of Topliss-reactive ketones (excluding diaryl/α,β-unsaturated/α-hetero) is 1. The Balaban J connectivity index is 0.000000199. The van der Waals surface area contributed by atoms with Crippen LogP contribution in [0.5, 0.6) is 0 Å². The maximum atomic E-state index is 15.9. The van der Waals surface area contributed by atoms with E-state index in [4.69, 9.17) is 51.7 Å². The number of benzene rings is 6. The number of amides is 2. The van der Waals surface area contributed by atoms with E-state index in [1.807, 2.05) is 0 Å². The molecule has 9 atom stereocenters. The largest absolute Gasteiger partial charge is 0.465 e. The van der Waals surface area contributed by atoms with E-state index in [-0.39, 0.29) is 79.1 Å². The van der Waals surface area contributed by atoms with Crippen LogP contribution in [0.3, 0.4) is 0 Å². The monoisotopic (exact) mass is 1380 g/mol. The maximum absolute atomic E-state index is 15.9. The van der Waals surface area contributed by atoms with Crippen molar-refractivity contribution in [2.24, 2.45) is 11.8 Å². The molecule has 4 aliphatic heterocycles. The second kappa shape index (κ2) is 27.3. The summed E-state index contributed by atoms with van der Waals surface area (Å²) < 4.78 is 41.1. The summed E-state index contributed by atoms with van der Waals surface area (Å²) in [6.07, 6.45) is 0.383. The molecule has 95 heavy (non-hydrogen) atoms. The molecule has 2 amide bonds. The minimum atomic E-state index is -1.86. The second-order valence-corrected chi connectivity index (χ2v) is 25.2. The topological polar surface area (TPSA) is 351 Å². The standard InChI is InChI=1S/C31H27Cl2FN4O8.C31H25Cl2FN4O8.C2H3N/c2*1-46-29(40)16-7-9-18(23(11-16)37(42)43)25(39)13-24-28(38(44)45)26(19-3-2-4-21(33)27(19)34)31(36(24)14-15-5-6-15)20-10-8-17(32)12-22(20)35-30(31)41;1-2-3/h2-4,7-12,15,24-26,28,39H,5-6,13-14H2,1H3,(H,35,41);2-4,7-12,15,24,26,28H,5-6,13-14H2,1H3,(H,35,41);1H3/t24-,25?,26-,28+,31+;24-,26-,28+,31+;/m00./s1. The third-order valence-corrected chi connectivity index (χ3v) is 19.3. The Bertz CT molecular complexity index is 4250. The van der Waals surface area contributed by atoms with Gasteiger partial charge in [0.2, 0.25) is 12.1 Å². The summed E-state index contributed by atoms with van der Waals surface area (Å²) in [4.78, 5) is 117. The number of fused-ring (bicyclic) bond motifs is 4. The number of nitrogens with zero attached hydrogens (tertiary/aromatic N) is 7. The lowest BCUT2D eigenvalue weighted by Gasteiger charge is -2.39. The average molecular weight is 1390 g/mol.